The highest BCUT2D eigenvalue weighted by Gasteiger charge is 2.20. The zero-order chi connectivity index (χ0) is 12.9. The Morgan fingerprint density at radius 1 is 0.882 bits per heavy atom. The first kappa shape index (κ1) is 17.6. The molecule has 0 aromatic heterocycles. The van der Waals surface area contributed by atoms with Crippen molar-refractivity contribution in [1.82, 2.24) is 0 Å². The van der Waals surface area contributed by atoms with Crippen molar-refractivity contribution < 1.29 is 9.05 Å². The summed E-state index contributed by atoms with van der Waals surface area (Å²) >= 11 is 6.32. The van der Waals surface area contributed by atoms with Gasteiger partial charge in [0.25, 0.3) is 0 Å². The summed E-state index contributed by atoms with van der Waals surface area (Å²) in [5, 5.41) is 0.0519. The average molecular weight is 283 g/mol. The van der Waals surface area contributed by atoms with E-state index in [9.17, 15) is 0 Å². The zero-order valence-corrected chi connectivity index (χ0v) is 13.2. The predicted molar refractivity (Wildman–Crippen MR) is 77.8 cm³/mol. The van der Waals surface area contributed by atoms with E-state index in [4.69, 9.17) is 20.6 Å². The van der Waals surface area contributed by atoms with Gasteiger partial charge in [0.05, 0.1) is 13.2 Å². The minimum Gasteiger partial charge on any atom is -0.333 e. The van der Waals surface area contributed by atoms with E-state index in [1.165, 1.54) is 38.5 Å². The van der Waals surface area contributed by atoms with Crippen LogP contribution in [-0.2, 0) is 9.05 Å². The van der Waals surface area contributed by atoms with Crippen LogP contribution in [0.25, 0.3) is 0 Å². The lowest BCUT2D eigenvalue weighted by Gasteiger charge is -2.20. The summed E-state index contributed by atoms with van der Waals surface area (Å²) < 4.78 is 11.1. The largest absolute Gasteiger partial charge is 0.333 e. The molecule has 0 aromatic rings. The second-order valence-electron chi connectivity index (χ2n) is 4.11. The number of unbranched alkanes of at least 4 members (excludes halogenated alkanes) is 5. The Labute approximate surface area is 113 Å². The molecule has 4 heteroatoms. The summed E-state index contributed by atoms with van der Waals surface area (Å²) in [6.45, 7) is 7.59. The number of halogens is 1. The fraction of sp³-hybridized carbons (Fsp3) is 1.00. The summed E-state index contributed by atoms with van der Waals surface area (Å²) in [6, 6.07) is 0. The molecule has 0 amide bonds. The van der Waals surface area contributed by atoms with Crippen molar-refractivity contribution in [3.05, 3.63) is 0 Å². The van der Waals surface area contributed by atoms with Gasteiger partial charge in [0.2, 0.25) is 0 Å². The summed E-state index contributed by atoms with van der Waals surface area (Å²) in [5.74, 6) is 0. The van der Waals surface area contributed by atoms with Crippen molar-refractivity contribution in [2.45, 2.75) is 70.8 Å². The second-order valence-corrected chi connectivity index (χ2v) is 6.65. The van der Waals surface area contributed by atoms with E-state index < -0.39 is 8.38 Å². The molecule has 0 rings (SSSR count). The summed E-state index contributed by atoms with van der Waals surface area (Å²) in [6.07, 6.45) is 8.84. The maximum atomic E-state index is 6.32. The summed E-state index contributed by atoms with van der Waals surface area (Å²) in [7, 11) is -0.884. The molecule has 0 aliphatic carbocycles. The standard InChI is InChI=1S/C13H28ClO2P/c1-4-7-8-9-10-11-12-13(14)17(15-5-2)16-6-3/h13H,4-12H2,1-3H3. The molecule has 0 heterocycles. The molecule has 0 aliphatic rings. The van der Waals surface area contributed by atoms with Gasteiger partial charge in [-0.15, -0.1) is 11.6 Å². The average Bonchev–Trinajstić information content (AvgIpc) is 2.33. The van der Waals surface area contributed by atoms with E-state index in [-0.39, 0.29) is 5.12 Å². The van der Waals surface area contributed by atoms with E-state index in [0.717, 1.165) is 6.42 Å². The monoisotopic (exact) mass is 282 g/mol. The number of alkyl halides is 1. The van der Waals surface area contributed by atoms with Gasteiger partial charge in [-0.3, -0.25) is 0 Å². The van der Waals surface area contributed by atoms with Crippen LogP contribution in [0.4, 0.5) is 0 Å². The molecule has 0 radical (unpaired) electrons. The van der Waals surface area contributed by atoms with Gasteiger partial charge in [-0.2, -0.15) is 0 Å². The highest BCUT2D eigenvalue weighted by Crippen LogP contribution is 2.47. The van der Waals surface area contributed by atoms with Crippen LogP contribution in [0.2, 0.25) is 0 Å². The quantitative estimate of drug-likeness (QED) is 0.260. The Bertz CT molecular complexity index is 152. The summed E-state index contributed by atoms with van der Waals surface area (Å²) in [5.41, 5.74) is 0. The van der Waals surface area contributed by atoms with Crippen LogP contribution in [0, 0.1) is 0 Å². The SMILES string of the molecule is CCCCCCCCC(Cl)P(OCC)OCC. The third-order valence-electron chi connectivity index (χ3n) is 2.54. The first-order valence-electron chi connectivity index (χ1n) is 6.95. The lowest BCUT2D eigenvalue weighted by molar-refractivity contribution is 0.266. The highest BCUT2D eigenvalue weighted by molar-refractivity contribution is 7.50. The molecule has 0 saturated heterocycles. The Morgan fingerprint density at radius 3 is 1.94 bits per heavy atom. The Balaban J connectivity index is 3.55. The number of hydrogen-bond acceptors (Lipinski definition) is 2. The van der Waals surface area contributed by atoms with Crippen LogP contribution in [0.3, 0.4) is 0 Å². The van der Waals surface area contributed by atoms with Crippen molar-refractivity contribution in [3.8, 4) is 0 Å². The van der Waals surface area contributed by atoms with E-state index >= 15 is 0 Å². The second kappa shape index (κ2) is 13.1. The maximum Gasteiger partial charge on any atom is 0.189 e. The van der Waals surface area contributed by atoms with Crippen molar-refractivity contribution >= 4 is 20.0 Å². The lowest BCUT2D eigenvalue weighted by atomic mass is 10.1. The van der Waals surface area contributed by atoms with E-state index in [2.05, 4.69) is 6.92 Å². The zero-order valence-electron chi connectivity index (χ0n) is 11.6. The molecule has 0 bridgehead atoms. The molecule has 1 unspecified atom stereocenters. The lowest BCUT2D eigenvalue weighted by Crippen LogP contribution is -2.03. The van der Waals surface area contributed by atoms with Crippen molar-refractivity contribution in [2.75, 3.05) is 13.2 Å². The van der Waals surface area contributed by atoms with Gasteiger partial charge in [-0.1, -0.05) is 45.4 Å². The minimum atomic E-state index is -0.884. The third kappa shape index (κ3) is 10.3. The number of hydrogen-bond donors (Lipinski definition) is 0. The first-order chi connectivity index (χ1) is 8.26. The molecule has 0 fully saturated rings. The molecular formula is C13H28ClO2P. The molecular weight excluding hydrogens is 255 g/mol. The fourth-order valence-electron chi connectivity index (χ4n) is 1.65. The van der Waals surface area contributed by atoms with Gasteiger partial charge in [-0.05, 0) is 20.3 Å². The Kier molecular flexibility index (Phi) is 13.6. The van der Waals surface area contributed by atoms with E-state index in [0.29, 0.717) is 13.2 Å². The molecule has 17 heavy (non-hydrogen) atoms. The number of rotatable bonds is 12. The topological polar surface area (TPSA) is 18.5 Å². The molecule has 0 N–H and O–H groups in total. The summed E-state index contributed by atoms with van der Waals surface area (Å²) in [4.78, 5) is 0. The molecule has 0 aliphatic heterocycles. The van der Waals surface area contributed by atoms with Crippen molar-refractivity contribution in [3.63, 3.8) is 0 Å². The van der Waals surface area contributed by atoms with Crippen LogP contribution < -0.4 is 0 Å². The molecule has 0 aromatic carbocycles. The van der Waals surface area contributed by atoms with Crippen LogP contribution in [0.15, 0.2) is 0 Å². The van der Waals surface area contributed by atoms with Gasteiger partial charge in [0.15, 0.2) is 8.38 Å². The maximum absolute atomic E-state index is 6.32. The molecule has 2 nitrogen and oxygen atoms in total. The Morgan fingerprint density at radius 2 is 1.41 bits per heavy atom. The smallest absolute Gasteiger partial charge is 0.189 e. The molecule has 1 atom stereocenters. The van der Waals surface area contributed by atoms with Gasteiger partial charge in [0.1, 0.15) is 5.12 Å². The van der Waals surface area contributed by atoms with Crippen LogP contribution >= 0.6 is 20.0 Å². The van der Waals surface area contributed by atoms with Gasteiger partial charge in [0, 0.05) is 0 Å². The fourth-order valence-corrected chi connectivity index (χ4v) is 3.44. The third-order valence-corrected chi connectivity index (χ3v) is 4.97. The van der Waals surface area contributed by atoms with E-state index in [1.807, 2.05) is 13.8 Å². The predicted octanol–water partition coefficient (Wildman–Crippen LogP) is 5.69. The minimum absolute atomic E-state index is 0.0519. The van der Waals surface area contributed by atoms with Crippen LogP contribution in [0.5, 0.6) is 0 Å². The van der Waals surface area contributed by atoms with Gasteiger partial charge >= 0.3 is 0 Å². The van der Waals surface area contributed by atoms with Crippen molar-refractivity contribution in [2.24, 2.45) is 0 Å². The van der Waals surface area contributed by atoms with E-state index in [1.54, 1.807) is 0 Å². The normalized spacial score (nSPS) is 13.2. The molecule has 0 saturated carbocycles. The Hall–Kier alpha value is 0.640. The molecule has 104 valence electrons. The van der Waals surface area contributed by atoms with Crippen LogP contribution in [0.1, 0.15) is 65.7 Å². The van der Waals surface area contributed by atoms with Crippen molar-refractivity contribution in [1.29, 1.82) is 0 Å². The molecule has 0 spiro atoms. The van der Waals surface area contributed by atoms with Crippen LogP contribution in [-0.4, -0.2) is 18.3 Å². The highest BCUT2D eigenvalue weighted by atomic mass is 35.5. The van der Waals surface area contributed by atoms with Gasteiger partial charge < -0.3 is 9.05 Å². The van der Waals surface area contributed by atoms with Gasteiger partial charge in [-0.25, -0.2) is 0 Å². The first-order valence-corrected chi connectivity index (χ1v) is 8.63.